The summed E-state index contributed by atoms with van der Waals surface area (Å²) < 4.78 is 11.4. The highest BCUT2D eigenvalue weighted by atomic mass is 16.5. The van der Waals surface area contributed by atoms with Gasteiger partial charge < -0.3 is 19.9 Å². The number of ether oxygens (including phenoxy) is 2. The van der Waals surface area contributed by atoms with Crippen LogP contribution >= 0.6 is 0 Å². The van der Waals surface area contributed by atoms with E-state index in [-0.39, 0.29) is 5.60 Å². The van der Waals surface area contributed by atoms with E-state index in [1.165, 1.54) is 12.8 Å². The van der Waals surface area contributed by atoms with E-state index in [1.807, 2.05) is 0 Å². The van der Waals surface area contributed by atoms with Gasteiger partial charge in [0.25, 0.3) is 0 Å². The van der Waals surface area contributed by atoms with Gasteiger partial charge in [-0.05, 0) is 32.6 Å². The fraction of sp³-hybridized carbons (Fsp3) is 1.00. The van der Waals surface area contributed by atoms with E-state index in [0.717, 1.165) is 38.8 Å². The van der Waals surface area contributed by atoms with Crippen molar-refractivity contribution in [3.63, 3.8) is 0 Å². The molecule has 0 spiro atoms. The molecule has 1 aliphatic carbocycles. The van der Waals surface area contributed by atoms with Crippen molar-refractivity contribution in [1.29, 1.82) is 0 Å². The fourth-order valence-corrected chi connectivity index (χ4v) is 2.84. The van der Waals surface area contributed by atoms with E-state index in [0.29, 0.717) is 19.3 Å². The Morgan fingerprint density at radius 2 is 2.17 bits per heavy atom. The maximum Gasteiger partial charge on any atom is 0.0897 e. The molecule has 0 aromatic carbocycles. The van der Waals surface area contributed by atoms with E-state index in [1.54, 1.807) is 0 Å². The van der Waals surface area contributed by atoms with Gasteiger partial charge in [0, 0.05) is 19.7 Å². The van der Waals surface area contributed by atoms with E-state index >= 15 is 0 Å². The standard InChI is InChI=1S/C14H27NO3/c1-14(7-4-8-18-14)11-15-9-12(16)10-17-13-5-2-3-6-13/h12-13,15-16H,2-11H2,1H3. The van der Waals surface area contributed by atoms with Gasteiger partial charge in [0.2, 0.25) is 0 Å². The Morgan fingerprint density at radius 1 is 1.39 bits per heavy atom. The number of aliphatic hydroxyl groups is 1. The Hall–Kier alpha value is -0.160. The van der Waals surface area contributed by atoms with Crippen LogP contribution in [0.4, 0.5) is 0 Å². The summed E-state index contributed by atoms with van der Waals surface area (Å²) in [7, 11) is 0. The Bertz CT molecular complexity index is 235. The average Bonchev–Trinajstić information content (AvgIpc) is 2.98. The van der Waals surface area contributed by atoms with Gasteiger partial charge in [-0.3, -0.25) is 0 Å². The highest BCUT2D eigenvalue weighted by Crippen LogP contribution is 2.24. The van der Waals surface area contributed by atoms with Crippen LogP contribution in [0.15, 0.2) is 0 Å². The summed E-state index contributed by atoms with van der Waals surface area (Å²) in [5.74, 6) is 0. The third-order valence-corrected chi connectivity index (χ3v) is 4.01. The Morgan fingerprint density at radius 3 is 2.83 bits per heavy atom. The van der Waals surface area contributed by atoms with Crippen LogP contribution in [-0.2, 0) is 9.47 Å². The predicted molar refractivity (Wildman–Crippen MR) is 70.7 cm³/mol. The molecule has 1 saturated carbocycles. The molecule has 0 radical (unpaired) electrons. The number of rotatable bonds is 7. The van der Waals surface area contributed by atoms with Crippen molar-refractivity contribution in [3.8, 4) is 0 Å². The molecule has 0 aromatic rings. The zero-order valence-corrected chi connectivity index (χ0v) is 11.5. The highest BCUT2D eigenvalue weighted by Gasteiger charge is 2.29. The van der Waals surface area contributed by atoms with Gasteiger partial charge >= 0.3 is 0 Å². The van der Waals surface area contributed by atoms with Crippen LogP contribution in [0.1, 0.15) is 45.4 Å². The van der Waals surface area contributed by atoms with Gasteiger partial charge in [-0.15, -0.1) is 0 Å². The lowest BCUT2D eigenvalue weighted by Crippen LogP contribution is -2.41. The van der Waals surface area contributed by atoms with Gasteiger partial charge in [0.1, 0.15) is 0 Å². The summed E-state index contributed by atoms with van der Waals surface area (Å²) in [6, 6.07) is 0. The van der Waals surface area contributed by atoms with Crippen LogP contribution in [0.3, 0.4) is 0 Å². The molecule has 0 bridgehead atoms. The van der Waals surface area contributed by atoms with E-state index in [9.17, 15) is 5.11 Å². The third kappa shape index (κ3) is 4.50. The zero-order chi connectivity index (χ0) is 12.8. The van der Waals surface area contributed by atoms with Crippen molar-refractivity contribution >= 4 is 0 Å². The summed E-state index contributed by atoms with van der Waals surface area (Å²) in [4.78, 5) is 0. The maximum absolute atomic E-state index is 9.84. The monoisotopic (exact) mass is 257 g/mol. The van der Waals surface area contributed by atoms with Crippen molar-refractivity contribution in [2.75, 3.05) is 26.3 Å². The molecule has 2 N–H and O–H groups in total. The molecule has 18 heavy (non-hydrogen) atoms. The lowest BCUT2D eigenvalue weighted by molar-refractivity contribution is -0.0114. The lowest BCUT2D eigenvalue weighted by Gasteiger charge is -2.24. The minimum atomic E-state index is -0.407. The predicted octanol–water partition coefficient (Wildman–Crippen LogP) is 1.47. The fourth-order valence-electron chi connectivity index (χ4n) is 2.84. The quantitative estimate of drug-likeness (QED) is 0.725. The van der Waals surface area contributed by atoms with Crippen LogP contribution < -0.4 is 5.32 Å². The van der Waals surface area contributed by atoms with E-state index in [2.05, 4.69) is 12.2 Å². The smallest absolute Gasteiger partial charge is 0.0897 e. The SMILES string of the molecule is CC1(CNCC(O)COC2CCCC2)CCCO1. The molecule has 1 heterocycles. The summed E-state index contributed by atoms with van der Waals surface area (Å²) in [5.41, 5.74) is -0.0357. The van der Waals surface area contributed by atoms with Crippen molar-refractivity contribution in [2.24, 2.45) is 0 Å². The van der Waals surface area contributed by atoms with Gasteiger partial charge in [-0.25, -0.2) is 0 Å². The van der Waals surface area contributed by atoms with Crippen LogP contribution in [0, 0.1) is 0 Å². The van der Waals surface area contributed by atoms with Crippen LogP contribution in [-0.4, -0.2) is 49.2 Å². The summed E-state index contributed by atoms with van der Waals surface area (Å²) >= 11 is 0. The minimum Gasteiger partial charge on any atom is -0.389 e. The van der Waals surface area contributed by atoms with Gasteiger partial charge in [-0.1, -0.05) is 12.8 Å². The first kappa shape index (κ1) is 14.3. The molecule has 4 heteroatoms. The summed E-state index contributed by atoms with van der Waals surface area (Å²) in [5, 5.41) is 13.1. The molecular formula is C14H27NO3. The van der Waals surface area contributed by atoms with Crippen molar-refractivity contribution in [1.82, 2.24) is 5.32 Å². The van der Waals surface area contributed by atoms with Crippen molar-refractivity contribution < 1.29 is 14.6 Å². The van der Waals surface area contributed by atoms with Crippen LogP contribution in [0.5, 0.6) is 0 Å². The first-order chi connectivity index (χ1) is 8.68. The topological polar surface area (TPSA) is 50.7 Å². The van der Waals surface area contributed by atoms with Gasteiger partial charge in [0.15, 0.2) is 0 Å². The molecule has 2 rings (SSSR count). The second-order valence-electron chi connectivity index (χ2n) is 5.93. The first-order valence-electron chi connectivity index (χ1n) is 7.32. The second-order valence-corrected chi connectivity index (χ2v) is 5.93. The molecule has 0 amide bonds. The van der Waals surface area contributed by atoms with Gasteiger partial charge in [0.05, 0.1) is 24.4 Å². The largest absolute Gasteiger partial charge is 0.389 e. The summed E-state index contributed by atoms with van der Waals surface area (Å²) in [6.07, 6.45) is 7.09. The molecule has 2 unspecified atom stereocenters. The minimum absolute atomic E-state index is 0.0357. The average molecular weight is 257 g/mol. The van der Waals surface area contributed by atoms with E-state index in [4.69, 9.17) is 9.47 Å². The van der Waals surface area contributed by atoms with Gasteiger partial charge in [-0.2, -0.15) is 0 Å². The Labute approximate surface area is 110 Å². The lowest BCUT2D eigenvalue weighted by atomic mass is 10.0. The molecule has 2 aliphatic rings. The van der Waals surface area contributed by atoms with E-state index < -0.39 is 6.10 Å². The highest BCUT2D eigenvalue weighted by molar-refractivity contribution is 4.82. The van der Waals surface area contributed by atoms with Crippen molar-refractivity contribution in [2.45, 2.75) is 63.3 Å². The molecular weight excluding hydrogens is 230 g/mol. The zero-order valence-electron chi connectivity index (χ0n) is 11.5. The Balaban J connectivity index is 1.52. The van der Waals surface area contributed by atoms with Crippen LogP contribution in [0.2, 0.25) is 0 Å². The molecule has 2 fully saturated rings. The summed E-state index contributed by atoms with van der Waals surface area (Å²) in [6.45, 7) is 4.86. The maximum atomic E-state index is 9.84. The number of hydrogen-bond acceptors (Lipinski definition) is 4. The molecule has 0 aromatic heterocycles. The third-order valence-electron chi connectivity index (χ3n) is 4.01. The normalized spacial score (nSPS) is 31.0. The molecule has 1 aliphatic heterocycles. The van der Waals surface area contributed by atoms with Crippen LogP contribution in [0.25, 0.3) is 0 Å². The first-order valence-corrected chi connectivity index (χ1v) is 7.32. The molecule has 4 nitrogen and oxygen atoms in total. The number of nitrogens with one attached hydrogen (secondary N) is 1. The second kappa shape index (κ2) is 6.85. The van der Waals surface area contributed by atoms with Crippen molar-refractivity contribution in [3.05, 3.63) is 0 Å². The number of hydrogen-bond donors (Lipinski definition) is 2. The molecule has 1 saturated heterocycles. The molecule has 106 valence electrons. The number of aliphatic hydroxyl groups excluding tert-OH is 1. The molecule has 2 atom stereocenters. The Kier molecular flexibility index (Phi) is 5.42.